The third-order valence-electron chi connectivity index (χ3n) is 2.35. The zero-order valence-electron chi connectivity index (χ0n) is 14.5. The molecule has 0 aromatic heterocycles. The second kappa shape index (κ2) is 18.8. The summed E-state index contributed by atoms with van der Waals surface area (Å²) in [7, 11) is 0. The van der Waals surface area contributed by atoms with Crippen LogP contribution in [0.25, 0.3) is 0 Å². The van der Waals surface area contributed by atoms with Crippen molar-refractivity contribution in [2.45, 2.75) is 13.2 Å². The first-order valence-electron chi connectivity index (χ1n) is 7.56. The van der Waals surface area contributed by atoms with E-state index in [2.05, 4.69) is 13.2 Å². The standard InChI is InChI=1S/C12H18O4.2C3H4O2/c13-4-6-15-9-11-2-1-3-12(8-11)10-16-7-5-14;2*1-2-3(4)5/h1-3,8,13-14H,4-7,9-10H2;2*2H,1H2,(H,4,5). The van der Waals surface area contributed by atoms with Crippen LogP contribution < -0.4 is 0 Å². The van der Waals surface area contributed by atoms with Crippen LogP contribution in [0.1, 0.15) is 11.1 Å². The van der Waals surface area contributed by atoms with Crippen molar-refractivity contribution in [1.82, 2.24) is 0 Å². The molecule has 146 valence electrons. The number of hydrogen-bond acceptors (Lipinski definition) is 6. The van der Waals surface area contributed by atoms with Gasteiger partial charge in [-0.2, -0.15) is 0 Å². The maximum atomic E-state index is 9.25. The summed E-state index contributed by atoms with van der Waals surface area (Å²) >= 11 is 0. The van der Waals surface area contributed by atoms with E-state index in [1.165, 1.54) is 0 Å². The van der Waals surface area contributed by atoms with E-state index in [1.807, 2.05) is 24.3 Å². The number of carbonyl (C=O) groups is 2. The zero-order chi connectivity index (χ0) is 20.2. The molecule has 1 aromatic rings. The van der Waals surface area contributed by atoms with Crippen LogP contribution >= 0.6 is 0 Å². The molecule has 1 rings (SSSR count). The van der Waals surface area contributed by atoms with E-state index in [4.69, 9.17) is 29.9 Å². The van der Waals surface area contributed by atoms with Crippen molar-refractivity contribution in [1.29, 1.82) is 0 Å². The van der Waals surface area contributed by atoms with Gasteiger partial charge in [0.05, 0.1) is 39.6 Å². The highest BCUT2D eigenvalue weighted by atomic mass is 16.5. The highest BCUT2D eigenvalue weighted by Gasteiger charge is 1.97. The number of aliphatic hydroxyl groups is 2. The third-order valence-corrected chi connectivity index (χ3v) is 2.35. The molecule has 0 radical (unpaired) electrons. The Balaban J connectivity index is 0. The average molecular weight is 370 g/mol. The minimum atomic E-state index is -0.981. The summed E-state index contributed by atoms with van der Waals surface area (Å²) in [6.07, 6.45) is 1.67. The SMILES string of the molecule is C=CC(=O)O.C=CC(=O)O.OCCOCc1cccc(COCCO)c1. The molecule has 8 nitrogen and oxygen atoms in total. The highest BCUT2D eigenvalue weighted by molar-refractivity contribution is 5.79. The lowest BCUT2D eigenvalue weighted by Crippen LogP contribution is -2.01. The molecular formula is C18H26O8. The Morgan fingerprint density at radius 1 is 0.885 bits per heavy atom. The van der Waals surface area contributed by atoms with Crippen molar-refractivity contribution in [3.8, 4) is 0 Å². The van der Waals surface area contributed by atoms with Gasteiger partial charge in [-0.05, 0) is 11.1 Å². The van der Waals surface area contributed by atoms with E-state index in [0.29, 0.717) is 26.4 Å². The van der Waals surface area contributed by atoms with Crippen LogP contribution in [-0.2, 0) is 32.3 Å². The lowest BCUT2D eigenvalue weighted by Gasteiger charge is -2.06. The Morgan fingerprint density at radius 2 is 1.23 bits per heavy atom. The van der Waals surface area contributed by atoms with Gasteiger partial charge in [-0.3, -0.25) is 0 Å². The largest absolute Gasteiger partial charge is 0.478 e. The second-order valence-corrected chi connectivity index (χ2v) is 4.46. The molecule has 4 N–H and O–H groups in total. The minimum Gasteiger partial charge on any atom is -0.478 e. The first-order chi connectivity index (χ1) is 12.4. The fourth-order valence-electron chi connectivity index (χ4n) is 1.32. The first-order valence-corrected chi connectivity index (χ1v) is 7.56. The fourth-order valence-corrected chi connectivity index (χ4v) is 1.32. The number of hydrogen-bond donors (Lipinski definition) is 4. The van der Waals surface area contributed by atoms with Gasteiger partial charge in [-0.1, -0.05) is 37.4 Å². The van der Waals surface area contributed by atoms with E-state index in [9.17, 15) is 9.59 Å². The van der Waals surface area contributed by atoms with E-state index in [-0.39, 0.29) is 13.2 Å². The molecule has 0 saturated heterocycles. The third kappa shape index (κ3) is 19.5. The van der Waals surface area contributed by atoms with Crippen molar-refractivity contribution >= 4 is 11.9 Å². The Morgan fingerprint density at radius 3 is 1.50 bits per heavy atom. The molecule has 0 bridgehead atoms. The highest BCUT2D eigenvalue weighted by Crippen LogP contribution is 2.07. The lowest BCUT2D eigenvalue weighted by atomic mass is 10.1. The molecule has 0 aliphatic rings. The van der Waals surface area contributed by atoms with Crippen LogP contribution in [-0.4, -0.2) is 58.8 Å². The Hall–Kier alpha value is -2.52. The molecule has 0 unspecified atom stereocenters. The van der Waals surface area contributed by atoms with Crippen LogP contribution in [0.15, 0.2) is 49.6 Å². The zero-order valence-corrected chi connectivity index (χ0v) is 14.5. The Kier molecular flexibility index (Phi) is 18.6. The van der Waals surface area contributed by atoms with E-state index >= 15 is 0 Å². The molecular weight excluding hydrogens is 344 g/mol. The van der Waals surface area contributed by atoms with E-state index in [1.54, 1.807) is 0 Å². The van der Waals surface area contributed by atoms with Gasteiger partial charge in [0.15, 0.2) is 0 Å². The molecule has 0 heterocycles. The normalized spacial score (nSPS) is 9.00. The molecule has 0 spiro atoms. The van der Waals surface area contributed by atoms with Gasteiger partial charge in [-0.25, -0.2) is 9.59 Å². The number of benzene rings is 1. The second-order valence-electron chi connectivity index (χ2n) is 4.46. The molecule has 0 aliphatic carbocycles. The number of aliphatic hydroxyl groups excluding tert-OH is 2. The number of rotatable bonds is 10. The lowest BCUT2D eigenvalue weighted by molar-refractivity contribution is -0.132. The van der Waals surface area contributed by atoms with Crippen molar-refractivity contribution in [2.24, 2.45) is 0 Å². The number of ether oxygens (including phenoxy) is 2. The van der Waals surface area contributed by atoms with Crippen molar-refractivity contribution < 1.29 is 39.5 Å². The maximum Gasteiger partial charge on any atom is 0.327 e. The summed E-state index contributed by atoms with van der Waals surface area (Å²) in [4.78, 5) is 18.5. The predicted octanol–water partition coefficient (Wildman–Crippen LogP) is 1.22. The van der Waals surface area contributed by atoms with Gasteiger partial charge >= 0.3 is 11.9 Å². The summed E-state index contributed by atoms with van der Waals surface area (Å²) in [5.41, 5.74) is 2.11. The number of carboxylic acids is 2. The summed E-state index contributed by atoms with van der Waals surface area (Å²) in [5.74, 6) is -1.96. The predicted molar refractivity (Wildman–Crippen MR) is 95.6 cm³/mol. The van der Waals surface area contributed by atoms with Gasteiger partial charge in [0, 0.05) is 12.2 Å². The number of carboxylic acid groups (broad SMARTS) is 2. The first kappa shape index (κ1) is 25.7. The van der Waals surface area contributed by atoms with Crippen LogP contribution in [0, 0.1) is 0 Å². The smallest absolute Gasteiger partial charge is 0.327 e. The van der Waals surface area contributed by atoms with Crippen molar-refractivity contribution in [3.05, 3.63) is 60.7 Å². The van der Waals surface area contributed by atoms with Gasteiger partial charge in [0.1, 0.15) is 0 Å². The fraction of sp³-hybridized carbons (Fsp3) is 0.333. The summed E-state index contributed by atoms with van der Waals surface area (Å²) in [6.45, 7) is 7.70. The van der Waals surface area contributed by atoms with Gasteiger partial charge in [0.25, 0.3) is 0 Å². The maximum absolute atomic E-state index is 9.25. The summed E-state index contributed by atoms with van der Waals surface area (Å²) in [6, 6.07) is 7.86. The van der Waals surface area contributed by atoms with Crippen LogP contribution in [0.2, 0.25) is 0 Å². The van der Waals surface area contributed by atoms with Gasteiger partial charge in [-0.15, -0.1) is 0 Å². The molecule has 0 saturated carbocycles. The molecule has 1 aromatic carbocycles. The quantitative estimate of drug-likeness (QED) is 0.357. The summed E-state index contributed by atoms with van der Waals surface area (Å²) in [5, 5.41) is 32.4. The van der Waals surface area contributed by atoms with Crippen molar-refractivity contribution in [2.75, 3.05) is 26.4 Å². The van der Waals surface area contributed by atoms with E-state index in [0.717, 1.165) is 23.3 Å². The van der Waals surface area contributed by atoms with E-state index < -0.39 is 11.9 Å². The molecule has 0 aliphatic heterocycles. The monoisotopic (exact) mass is 370 g/mol. The van der Waals surface area contributed by atoms with Crippen LogP contribution in [0.5, 0.6) is 0 Å². The topological polar surface area (TPSA) is 134 Å². The molecule has 0 fully saturated rings. The molecule has 0 amide bonds. The average Bonchev–Trinajstić information content (AvgIpc) is 2.63. The van der Waals surface area contributed by atoms with Crippen LogP contribution in [0.3, 0.4) is 0 Å². The summed E-state index contributed by atoms with van der Waals surface area (Å²) < 4.78 is 10.4. The Labute approximate surface area is 152 Å². The van der Waals surface area contributed by atoms with Gasteiger partial charge < -0.3 is 29.9 Å². The molecule has 0 atom stereocenters. The van der Waals surface area contributed by atoms with Gasteiger partial charge in [0.2, 0.25) is 0 Å². The molecule has 26 heavy (non-hydrogen) atoms. The van der Waals surface area contributed by atoms with Crippen LogP contribution in [0.4, 0.5) is 0 Å². The van der Waals surface area contributed by atoms with Crippen molar-refractivity contribution in [3.63, 3.8) is 0 Å². The molecule has 8 heteroatoms. The number of aliphatic carboxylic acids is 2. The Bertz CT molecular complexity index is 484. The minimum absolute atomic E-state index is 0.0410.